The summed E-state index contributed by atoms with van der Waals surface area (Å²) < 4.78 is 27.1. The van der Waals surface area contributed by atoms with E-state index in [9.17, 15) is 9.18 Å². The molecule has 0 spiro atoms. The fourth-order valence-corrected chi connectivity index (χ4v) is 4.05. The van der Waals surface area contributed by atoms with Gasteiger partial charge < -0.3 is 18.9 Å². The number of carbonyl (C=O) groups excluding carboxylic acids is 1. The Labute approximate surface area is 193 Å². The first-order chi connectivity index (χ1) is 16.0. The number of hydrogen-bond donors (Lipinski definition) is 0. The van der Waals surface area contributed by atoms with Gasteiger partial charge in [0, 0.05) is 41.3 Å². The first kappa shape index (κ1) is 22.4. The largest absolute Gasteiger partial charge is 0.496 e. The highest BCUT2D eigenvalue weighted by atomic mass is 19.1. The molecule has 33 heavy (non-hydrogen) atoms. The zero-order valence-electron chi connectivity index (χ0n) is 19.0. The summed E-state index contributed by atoms with van der Waals surface area (Å²) in [5, 5.41) is 0.918. The summed E-state index contributed by atoms with van der Waals surface area (Å²) in [7, 11) is 1.66. The predicted octanol–water partition coefficient (Wildman–Crippen LogP) is 6.34. The third-order valence-corrected chi connectivity index (χ3v) is 5.80. The van der Waals surface area contributed by atoms with Gasteiger partial charge in [-0.15, -0.1) is 0 Å². The Morgan fingerprint density at radius 3 is 2.36 bits per heavy atom. The molecule has 0 radical (unpaired) electrons. The lowest BCUT2D eigenvalue weighted by Gasteiger charge is -2.20. The molecular weight excluding hydrogens is 419 g/mol. The smallest absolute Gasteiger partial charge is 0.415 e. The third kappa shape index (κ3) is 4.55. The van der Waals surface area contributed by atoms with E-state index in [4.69, 9.17) is 9.47 Å². The molecule has 0 aliphatic heterocycles. The van der Waals surface area contributed by atoms with E-state index in [1.54, 1.807) is 30.2 Å². The van der Waals surface area contributed by atoms with Gasteiger partial charge in [0.15, 0.2) is 0 Å². The van der Waals surface area contributed by atoms with E-state index in [0.29, 0.717) is 25.4 Å². The molecule has 1 aromatic heterocycles. The van der Waals surface area contributed by atoms with Gasteiger partial charge in [-0.25, -0.2) is 9.18 Å². The van der Waals surface area contributed by atoms with Crippen LogP contribution in [0.2, 0.25) is 0 Å². The topological polar surface area (TPSA) is 43.7 Å². The fraction of sp³-hybridized carbons (Fsp3) is 0.222. The van der Waals surface area contributed by atoms with Crippen LogP contribution in [0.5, 0.6) is 11.5 Å². The van der Waals surface area contributed by atoms with Crippen molar-refractivity contribution >= 4 is 17.0 Å². The monoisotopic (exact) mass is 446 g/mol. The van der Waals surface area contributed by atoms with Crippen LogP contribution in [0.15, 0.2) is 72.9 Å². The SMILES string of the molecule is CCN(CC)C(=O)Oc1ccc2c(ccn2Cc2ccccc2OC)c1-c1ccc(F)cc1. The van der Waals surface area contributed by atoms with Crippen LogP contribution in [0.4, 0.5) is 9.18 Å². The third-order valence-electron chi connectivity index (χ3n) is 5.80. The quantitative estimate of drug-likeness (QED) is 0.332. The van der Waals surface area contributed by atoms with Gasteiger partial charge in [-0.05, 0) is 55.8 Å². The van der Waals surface area contributed by atoms with Gasteiger partial charge in [0.05, 0.1) is 13.7 Å². The molecule has 0 atom stereocenters. The van der Waals surface area contributed by atoms with Gasteiger partial charge in [-0.2, -0.15) is 0 Å². The van der Waals surface area contributed by atoms with Gasteiger partial charge >= 0.3 is 6.09 Å². The second kappa shape index (κ2) is 9.77. The zero-order valence-corrected chi connectivity index (χ0v) is 19.0. The Kier molecular flexibility index (Phi) is 6.63. The van der Waals surface area contributed by atoms with Crippen LogP contribution >= 0.6 is 0 Å². The molecule has 0 bridgehead atoms. The van der Waals surface area contributed by atoms with Crippen molar-refractivity contribution in [2.45, 2.75) is 20.4 Å². The molecule has 0 fully saturated rings. The van der Waals surface area contributed by atoms with E-state index in [1.807, 2.05) is 56.4 Å². The number of hydrogen-bond acceptors (Lipinski definition) is 3. The van der Waals surface area contributed by atoms with Gasteiger partial charge in [0.25, 0.3) is 0 Å². The van der Waals surface area contributed by atoms with E-state index < -0.39 is 6.09 Å². The van der Waals surface area contributed by atoms with Crippen LogP contribution in [0.1, 0.15) is 19.4 Å². The highest BCUT2D eigenvalue weighted by Gasteiger charge is 2.19. The van der Waals surface area contributed by atoms with E-state index in [1.165, 1.54) is 12.1 Å². The van der Waals surface area contributed by atoms with Crippen LogP contribution in [0.25, 0.3) is 22.0 Å². The predicted molar refractivity (Wildman–Crippen MR) is 128 cm³/mol. The van der Waals surface area contributed by atoms with Crippen molar-refractivity contribution in [1.82, 2.24) is 9.47 Å². The molecular formula is C27H27FN2O3. The average Bonchev–Trinajstić information content (AvgIpc) is 3.23. The number of aromatic nitrogens is 1. The number of fused-ring (bicyclic) bond motifs is 1. The lowest BCUT2D eigenvalue weighted by Crippen LogP contribution is -2.33. The molecule has 4 aromatic rings. The molecule has 170 valence electrons. The van der Waals surface area contributed by atoms with Crippen LogP contribution in [0.3, 0.4) is 0 Å². The molecule has 0 aliphatic carbocycles. The molecule has 5 nitrogen and oxygen atoms in total. The van der Waals surface area contributed by atoms with Crippen molar-refractivity contribution in [3.05, 3.63) is 84.3 Å². The second-order valence-corrected chi connectivity index (χ2v) is 7.67. The van der Waals surface area contributed by atoms with E-state index in [2.05, 4.69) is 4.57 Å². The van der Waals surface area contributed by atoms with Crippen molar-refractivity contribution in [1.29, 1.82) is 0 Å². The summed E-state index contributed by atoms with van der Waals surface area (Å²) >= 11 is 0. The lowest BCUT2D eigenvalue weighted by molar-refractivity contribution is 0.157. The van der Waals surface area contributed by atoms with Crippen molar-refractivity contribution in [2.75, 3.05) is 20.2 Å². The molecule has 1 heterocycles. The van der Waals surface area contributed by atoms with E-state index in [-0.39, 0.29) is 5.82 Å². The maximum Gasteiger partial charge on any atom is 0.415 e. The average molecular weight is 447 g/mol. The molecule has 0 saturated carbocycles. The highest BCUT2D eigenvalue weighted by Crippen LogP contribution is 2.38. The number of carbonyl (C=O) groups is 1. The summed E-state index contributed by atoms with van der Waals surface area (Å²) in [5.74, 6) is 0.949. The fourth-order valence-electron chi connectivity index (χ4n) is 4.05. The van der Waals surface area contributed by atoms with E-state index in [0.717, 1.165) is 33.3 Å². The van der Waals surface area contributed by atoms with Crippen molar-refractivity contribution in [3.63, 3.8) is 0 Å². The normalized spacial score (nSPS) is 10.9. The molecule has 6 heteroatoms. The standard InChI is InChI=1S/C27H27FN2O3/c1-4-29(5-2)27(31)33-25-15-14-23-22(26(25)19-10-12-21(28)13-11-19)16-17-30(23)18-20-8-6-7-9-24(20)32-3/h6-17H,4-5,18H2,1-3H3. The number of halogens is 1. The number of rotatable bonds is 7. The highest BCUT2D eigenvalue weighted by molar-refractivity contribution is 5.99. The zero-order chi connectivity index (χ0) is 23.4. The first-order valence-corrected chi connectivity index (χ1v) is 11.0. The maximum absolute atomic E-state index is 13.6. The number of methoxy groups -OCH3 is 1. The summed E-state index contributed by atoms with van der Waals surface area (Å²) in [6.07, 6.45) is 1.59. The molecule has 3 aromatic carbocycles. The van der Waals surface area contributed by atoms with Crippen molar-refractivity contribution < 1.29 is 18.7 Å². The maximum atomic E-state index is 13.6. The van der Waals surface area contributed by atoms with Crippen LogP contribution in [-0.4, -0.2) is 35.8 Å². The molecule has 1 amide bonds. The summed E-state index contributed by atoms with van der Waals surface area (Å²) in [4.78, 5) is 14.3. The molecule has 0 unspecified atom stereocenters. The molecule has 0 aliphatic rings. The summed E-state index contributed by atoms with van der Waals surface area (Å²) in [6, 6.07) is 19.9. The van der Waals surface area contributed by atoms with Gasteiger partial charge in [-0.3, -0.25) is 0 Å². The van der Waals surface area contributed by atoms with Crippen LogP contribution in [-0.2, 0) is 6.54 Å². The van der Waals surface area contributed by atoms with Gasteiger partial charge in [0.2, 0.25) is 0 Å². The summed E-state index contributed by atoms with van der Waals surface area (Å²) in [5.41, 5.74) is 3.56. The minimum absolute atomic E-state index is 0.318. The van der Waals surface area contributed by atoms with Crippen LogP contribution < -0.4 is 9.47 Å². The lowest BCUT2D eigenvalue weighted by atomic mass is 10.0. The Hall–Kier alpha value is -3.80. The molecule has 0 N–H and O–H groups in total. The number of benzene rings is 3. The number of nitrogens with zero attached hydrogens (tertiary/aromatic N) is 2. The van der Waals surface area contributed by atoms with Crippen molar-refractivity contribution in [2.24, 2.45) is 0 Å². The minimum atomic E-state index is -0.406. The Balaban J connectivity index is 1.81. The van der Waals surface area contributed by atoms with E-state index >= 15 is 0 Å². The minimum Gasteiger partial charge on any atom is -0.496 e. The number of ether oxygens (including phenoxy) is 2. The van der Waals surface area contributed by atoms with Gasteiger partial charge in [-0.1, -0.05) is 30.3 Å². The van der Waals surface area contributed by atoms with Crippen LogP contribution in [0, 0.1) is 5.82 Å². The van der Waals surface area contributed by atoms with Crippen molar-refractivity contribution in [3.8, 4) is 22.6 Å². The number of para-hydroxylation sites is 1. The molecule has 4 rings (SSSR count). The second-order valence-electron chi connectivity index (χ2n) is 7.67. The first-order valence-electron chi connectivity index (χ1n) is 11.0. The van der Waals surface area contributed by atoms with Gasteiger partial charge in [0.1, 0.15) is 17.3 Å². The number of amides is 1. The Morgan fingerprint density at radius 1 is 0.939 bits per heavy atom. The summed E-state index contributed by atoms with van der Waals surface area (Å²) in [6.45, 7) is 5.55. The Bertz CT molecular complexity index is 1260. The molecule has 0 saturated heterocycles. The Morgan fingerprint density at radius 2 is 1.67 bits per heavy atom.